The van der Waals surface area contributed by atoms with Gasteiger partial charge in [-0.25, -0.2) is 9.67 Å². The van der Waals surface area contributed by atoms with Crippen LogP contribution in [0, 0.1) is 5.92 Å². The Morgan fingerprint density at radius 3 is 2.79 bits per heavy atom. The number of carbonyl (C=O) groups is 1. The number of hydrogen-bond acceptors (Lipinski definition) is 7. The Bertz CT molecular complexity index is 1010. The molecule has 0 aliphatic heterocycles. The molecule has 0 aliphatic rings. The maximum Gasteiger partial charge on any atom is 0.304 e. The minimum Gasteiger partial charge on any atom is -0.491 e. The topological polar surface area (TPSA) is 112 Å². The van der Waals surface area contributed by atoms with E-state index in [2.05, 4.69) is 20.4 Å². The van der Waals surface area contributed by atoms with Gasteiger partial charge in [-0.1, -0.05) is 27.7 Å². The summed E-state index contributed by atoms with van der Waals surface area (Å²) >= 11 is 0. The second-order valence-electron chi connectivity index (χ2n) is 7.14. The quantitative estimate of drug-likeness (QED) is 0.665. The van der Waals surface area contributed by atoms with Gasteiger partial charge in [0.15, 0.2) is 5.58 Å². The lowest BCUT2D eigenvalue weighted by Gasteiger charge is -2.16. The summed E-state index contributed by atoms with van der Waals surface area (Å²) in [6, 6.07) is 4.80. The van der Waals surface area contributed by atoms with E-state index in [-0.39, 0.29) is 18.5 Å². The number of nitrogens with one attached hydrogen (secondary N) is 1. The summed E-state index contributed by atoms with van der Waals surface area (Å²) in [5.74, 6) is 0.321. The zero-order valence-electron chi connectivity index (χ0n) is 16.3. The number of rotatable bonds is 7. The van der Waals surface area contributed by atoms with Crippen molar-refractivity contribution in [2.24, 2.45) is 5.92 Å². The molecule has 3 aromatic rings. The van der Waals surface area contributed by atoms with E-state index in [1.807, 2.05) is 27.7 Å². The minimum atomic E-state index is -0.480. The summed E-state index contributed by atoms with van der Waals surface area (Å²) in [7, 11) is 0. The lowest BCUT2D eigenvalue weighted by Crippen LogP contribution is -2.30. The predicted molar refractivity (Wildman–Crippen MR) is 103 cm³/mol. The maximum absolute atomic E-state index is 12.4. The number of nitrogens with zero attached hydrogens (tertiary/aromatic N) is 4. The Labute approximate surface area is 161 Å². The Morgan fingerprint density at radius 1 is 1.32 bits per heavy atom. The monoisotopic (exact) mass is 385 g/mol. The molecule has 9 nitrogen and oxygen atoms in total. The Morgan fingerprint density at radius 2 is 2.11 bits per heavy atom. The molecule has 0 spiro atoms. The first kappa shape index (κ1) is 19.5. The highest BCUT2D eigenvalue weighted by Crippen LogP contribution is 2.22. The average Bonchev–Trinajstić information content (AvgIpc) is 3.03. The van der Waals surface area contributed by atoms with E-state index in [4.69, 9.17) is 9.15 Å². The van der Waals surface area contributed by atoms with Crippen molar-refractivity contribution in [3.63, 3.8) is 0 Å². The van der Waals surface area contributed by atoms with Crippen LogP contribution in [-0.2, 0) is 11.3 Å². The minimum absolute atomic E-state index is 0.0210. The molecule has 3 aromatic heterocycles. The van der Waals surface area contributed by atoms with Crippen molar-refractivity contribution in [1.82, 2.24) is 19.7 Å². The summed E-state index contributed by atoms with van der Waals surface area (Å²) in [6.07, 6.45) is 1.58. The lowest BCUT2D eigenvalue weighted by atomic mass is 10.1. The molecule has 0 aromatic carbocycles. The van der Waals surface area contributed by atoms with Crippen molar-refractivity contribution in [3.05, 3.63) is 40.4 Å². The summed E-state index contributed by atoms with van der Waals surface area (Å²) in [5.41, 5.74) is 1.06. The van der Waals surface area contributed by atoms with Crippen molar-refractivity contribution in [3.8, 4) is 5.75 Å². The molecule has 3 rings (SSSR count). The number of aromatic nitrogens is 4. The van der Waals surface area contributed by atoms with Crippen LogP contribution in [0.1, 0.15) is 39.3 Å². The summed E-state index contributed by atoms with van der Waals surface area (Å²) in [6.45, 7) is 8.16. The number of amides is 1. The van der Waals surface area contributed by atoms with Crippen LogP contribution in [0.15, 0.2) is 33.6 Å². The summed E-state index contributed by atoms with van der Waals surface area (Å²) < 4.78 is 12.2. The molecule has 0 aliphatic carbocycles. The Hall–Kier alpha value is -3.23. The molecule has 148 valence electrons. The van der Waals surface area contributed by atoms with Crippen molar-refractivity contribution in [1.29, 1.82) is 0 Å². The SMILES string of the molecule is CC(C)COc1cc(=O)n(CC(=O)Nc2nc3ncccc3o2)nc1C(C)C. The highest BCUT2D eigenvalue weighted by Gasteiger charge is 2.17. The molecule has 0 fully saturated rings. The molecule has 0 saturated carbocycles. The highest BCUT2D eigenvalue weighted by molar-refractivity contribution is 5.89. The van der Waals surface area contributed by atoms with Crippen LogP contribution in [0.4, 0.5) is 6.01 Å². The predicted octanol–water partition coefficient (Wildman–Crippen LogP) is 2.58. The van der Waals surface area contributed by atoms with Crippen LogP contribution in [0.5, 0.6) is 5.75 Å². The van der Waals surface area contributed by atoms with E-state index in [1.54, 1.807) is 18.3 Å². The number of carbonyl (C=O) groups excluding carboxylic acids is 1. The molecule has 28 heavy (non-hydrogen) atoms. The van der Waals surface area contributed by atoms with Gasteiger partial charge in [0, 0.05) is 18.2 Å². The number of ether oxygens (including phenoxy) is 1. The van der Waals surface area contributed by atoms with Gasteiger partial charge in [-0.05, 0) is 18.1 Å². The standard InChI is InChI=1S/C19H23N5O4/c1-11(2)10-27-14-8-16(26)24(23-17(14)12(3)4)9-15(25)21-19-22-18-13(28-19)6-5-7-20-18/h5-8,11-12H,9-10H2,1-4H3,(H,20,21,22,25). The highest BCUT2D eigenvalue weighted by atomic mass is 16.5. The number of fused-ring (bicyclic) bond motifs is 1. The zero-order valence-corrected chi connectivity index (χ0v) is 16.3. The van der Waals surface area contributed by atoms with Gasteiger partial charge in [0.05, 0.1) is 6.61 Å². The van der Waals surface area contributed by atoms with Crippen LogP contribution in [0.25, 0.3) is 11.2 Å². The summed E-state index contributed by atoms with van der Waals surface area (Å²) in [5, 5.41) is 6.85. The summed E-state index contributed by atoms with van der Waals surface area (Å²) in [4.78, 5) is 32.8. The van der Waals surface area contributed by atoms with Crippen molar-refractivity contribution < 1.29 is 13.9 Å². The number of oxazole rings is 1. The van der Waals surface area contributed by atoms with Gasteiger partial charge in [0.2, 0.25) is 11.6 Å². The molecule has 0 unspecified atom stereocenters. The second-order valence-corrected chi connectivity index (χ2v) is 7.14. The fraction of sp³-hybridized carbons (Fsp3) is 0.421. The van der Waals surface area contributed by atoms with Crippen molar-refractivity contribution in [2.45, 2.75) is 40.2 Å². The Balaban J connectivity index is 1.77. The van der Waals surface area contributed by atoms with Crippen LogP contribution in [-0.4, -0.2) is 32.3 Å². The molecule has 0 saturated heterocycles. The fourth-order valence-corrected chi connectivity index (χ4v) is 2.49. The largest absolute Gasteiger partial charge is 0.491 e. The molecule has 1 amide bonds. The van der Waals surface area contributed by atoms with Gasteiger partial charge < -0.3 is 9.15 Å². The van der Waals surface area contributed by atoms with Gasteiger partial charge >= 0.3 is 6.01 Å². The zero-order chi connectivity index (χ0) is 20.3. The molecule has 1 N–H and O–H groups in total. The van der Waals surface area contributed by atoms with Crippen LogP contribution < -0.4 is 15.6 Å². The van der Waals surface area contributed by atoms with E-state index < -0.39 is 11.5 Å². The van der Waals surface area contributed by atoms with Gasteiger partial charge in [-0.15, -0.1) is 0 Å². The van der Waals surface area contributed by atoms with Gasteiger partial charge in [0.25, 0.3) is 5.56 Å². The molecule has 3 heterocycles. The first-order valence-corrected chi connectivity index (χ1v) is 9.09. The van der Waals surface area contributed by atoms with E-state index in [0.29, 0.717) is 35.2 Å². The van der Waals surface area contributed by atoms with Gasteiger partial charge in [-0.2, -0.15) is 10.1 Å². The second kappa shape index (κ2) is 8.20. The van der Waals surface area contributed by atoms with E-state index in [0.717, 1.165) is 4.68 Å². The van der Waals surface area contributed by atoms with E-state index in [1.165, 1.54) is 6.07 Å². The molecule has 0 bridgehead atoms. The molecule has 0 radical (unpaired) electrons. The van der Waals surface area contributed by atoms with Crippen molar-refractivity contribution in [2.75, 3.05) is 11.9 Å². The van der Waals surface area contributed by atoms with Crippen molar-refractivity contribution >= 4 is 23.2 Å². The van der Waals surface area contributed by atoms with Crippen LogP contribution >= 0.6 is 0 Å². The Kier molecular flexibility index (Phi) is 5.72. The molecular formula is C19H23N5O4. The average molecular weight is 385 g/mol. The van der Waals surface area contributed by atoms with Crippen LogP contribution in [0.3, 0.4) is 0 Å². The number of pyridine rings is 1. The van der Waals surface area contributed by atoms with E-state index in [9.17, 15) is 9.59 Å². The van der Waals surface area contributed by atoms with Crippen LogP contribution in [0.2, 0.25) is 0 Å². The number of anilines is 1. The normalized spacial score (nSPS) is 11.4. The smallest absolute Gasteiger partial charge is 0.304 e. The fourth-order valence-electron chi connectivity index (χ4n) is 2.49. The first-order chi connectivity index (χ1) is 13.3. The van der Waals surface area contributed by atoms with Gasteiger partial charge in [0.1, 0.15) is 18.0 Å². The molecule has 9 heteroatoms. The molecular weight excluding hydrogens is 362 g/mol. The first-order valence-electron chi connectivity index (χ1n) is 9.09. The third kappa shape index (κ3) is 4.54. The molecule has 0 atom stereocenters. The number of hydrogen-bond donors (Lipinski definition) is 1. The third-order valence-corrected chi connectivity index (χ3v) is 3.81. The third-order valence-electron chi connectivity index (χ3n) is 3.81. The maximum atomic E-state index is 12.4. The van der Waals surface area contributed by atoms with E-state index >= 15 is 0 Å². The lowest BCUT2D eigenvalue weighted by molar-refractivity contribution is -0.117. The van der Waals surface area contributed by atoms with Gasteiger partial charge in [-0.3, -0.25) is 14.9 Å².